The van der Waals surface area contributed by atoms with E-state index in [1.165, 1.54) is 13.1 Å². The molecule has 174 valence electrons. The molecule has 4 rings (SSSR count). The third kappa shape index (κ3) is 4.53. The van der Waals surface area contributed by atoms with Crippen molar-refractivity contribution in [2.24, 2.45) is 5.73 Å². The number of nitrogens with zero attached hydrogens (tertiary/aromatic N) is 3. The molecule has 0 atom stereocenters. The van der Waals surface area contributed by atoms with Gasteiger partial charge in [0.05, 0.1) is 11.3 Å². The Morgan fingerprint density at radius 3 is 2.41 bits per heavy atom. The molecule has 2 amide bonds. The number of amides is 2. The van der Waals surface area contributed by atoms with Gasteiger partial charge in [-0.3, -0.25) is 9.59 Å². The van der Waals surface area contributed by atoms with Crippen LogP contribution in [0.15, 0.2) is 54.9 Å². The monoisotopic (exact) mass is 468 g/mol. The number of anilines is 2. The Labute approximate surface area is 191 Å². The van der Waals surface area contributed by atoms with Gasteiger partial charge in [-0.2, -0.15) is 13.2 Å². The maximum absolute atomic E-state index is 13.3. The zero-order valence-electron chi connectivity index (χ0n) is 17.8. The third-order valence-corrected chi connectivity index (χ3v) is 5.18. The van der Waals surface area contributed by atoms with Crippen LogP contribution in [0.5, 0.6) is 0 Å². The van der Waals surface area contributed by atoms with Crippen LogP contribution in [0.2, 0.25) is 0 Å². The van der Waals surface area contributed by atoms with Gasteiger partial charge in [0.2, 0.25) is 11.8 Å². The first-order chi connectivity index (χ1) is 16.0. The molecule has 0 saturated carbocycles. The molecule has 0 spiro atoms. The number of nitrogens with two attached hydrogens (primary N) is 2. The van der Waals surface area contributed by atoms with Crippen molar-refractivity contribution in [2.45, 2.75) is 19.5 Å². The van der Waals surface area contributed by atoms with Gasteiger partial charge in [0.1, 0.15) is 11.5 Å². The number of primary amides is 1. The molecule has 3 aromatic heterocycles. The van der Waals surface area contributed by atoms with E-state index in [-0.39, 0.29) is 11.5 Å². The molecule has 0 radical (unpaired) electrons. The number of nitrogen functional groups attached to an aromatic ring is 1. The van der Waals surface area contributed by atoms with E-state index in [1.54, 1.807) is 47.0 Å². The molecule has 5 N–H and O–H groups in total. The number of fused-ring (bicyclic) bond motifs is 1. The predicted molar refractivity (Wildman–Crippen MR) is 120 cm³/mol. The number of aromatic nitrogens is 3. The summed E-state index contributed by atoms with van der Waals surface area (Å²) in [6.45, 7) is 1.35. The lowest BCUT2D eigenvalue weighted by Crippen LogP contribution is -2.11. The molecule has 34 heavy (non-hydrogen) atoms. The Balaban J connectivity index is 1.81. The molecule has 0 bridgehead atoms. The first-order valence-corrected chi connectivity index (χ1v) is 10.0. The zero-order chi connectivity index (χ0) is 24.6. The minimum atomic E-state index is -4.65. The van der Waals surface area contributed by atoms with Crippen molar-refractivity contribution in [1.82, 2.24) is 14.4 Å². The maximum Gasteiger partial charge on any atom is 0.419 e. The Bertz CT molecular complexity index is 1410. The summed E-state index contributed by atoms with van der Waals surface area (Å²) in [4.78, 5) is 31.2. The van der Waals surface area contributed by atoms with Crippen molar-refractivity contribution < 1.29 is 22.8 Å². The summed E-state index contributed by atoms with van der Waals surface area (Å²) >= 11 is 0. The second-order valence-corrected chi connectivity index (χ2v) is 7.63. The molecular formula is C23H19F3N6O2. The minimum absolute atomic E-state index is 0.218. The highest BCUT2D eigenvalue weighted by atomic mass is 19.4. The number of nitrogens with one attached hydrogen (secondary N) is 1. The van der Waals surface area contributed by atoms with E-state index in [9.17, 15) is 22.8 Å². The lowest BCUT2D eigenvalue weighted by Gasteiger charge is -2.12. The summed E-state index contributed by atoms with van der Waals surface area (Å²) in [5, 5.41) is 2.69. The Kier molecular flexibility index (Phi) is 5.70. The lowest BCUT2D eigenvalue weighted by molar-refractivity contribution is -0.137. The van der Waals surface area contributed by atoms with Crippen LogP contribution in [0, 0.1) is 0 Å². The van der Waals surface area contributed by atoms with Crippen LogP contribution in [0.4, 0.5) is 24.8 Å². The molecule has 4 aromatic rings. The highest BCUT2D eigenvalue weighted by molar-refractivity contribution is 5.92. The number of imidazole rings is 1. The van der Waals surface area contributed by atoms with E-state index in [0.29, 0.717) is 34.7 Å². The van der Waals surface area contributed by atoms with Gasteiger partial charge in [0.25, 0.3) is 0 Å². The van der Waals surface area contributed by atoms with Gasteiger partial charge in [0.15, 0.2) is 5.82 Å². The standard InChI is InChI=1S/C23H19F3N6O2/c1-12(33)30-22-18(8-13-2-4-14(5-3-13)21(28)34)32-11-15(6-7-19(32)31-22)16-9-17(23(24,25)26)20(27)29-10-16/h2-7,9-11H,8H2,1H3,(H2,27,29)(H2,28,34)(H,30,33). The summed E-state index contributed by atoms with van der Waals surface area (Å²) in [6.07, 6.45) is -1.45. The van der Waals surface area contributed by atoms with Crippen LogP contribution in [-0.2, 0) is 17.4 Å². The fraction of sp³-hybridized carbons (Fsp3) is 0.130. The largest absolute Gasteiger partial charge is 0.419 e. The third-order valence-electron chi connectivity index (χ3n) is 5.18. The number of alkyl halides is 3. The topological polar surface area (TPSA) is 128 Å². The maximum atomic E-state index is 13.3. The normalized spacial score (nSPS) is 11.5. The highest BCUT2D eigenvalue weighted by Crippen LogP contribution is 2.35. The number of carbonyl (C=O) groups excluding carboxylic acids is 2. The van der Waals surface area contributed by atoms with Gasteiger partial charge in [-0.1, -0.05) is 12.1 Å². The first kappa shape index (κ1) is 22.8. The van der Waals surface area contributed by atoms with Crippen molar-refractivity contribution >= 4 is 29.1 Å². The minimum Gasteiger partial charge on any atom is -0.383 e. The Hall–Kier alpha value is -4.41. The summed E-state index contributed by atoms with van der Waals surface area (Å²) in [5.41, 5.74) is 12.6. The molecule has 0 saturated heterocycles. The average molecular weight is 468 g/mol. The van der Waals surface area contributed by atoms with Gasteiger partial charge < -0.3 is 21.2 Å². The van der Waals surface area contributed by atoms with E-state index >= 15 is 0 Å². The molecule has 0 fully saturated rings. The summed E-state index contributed by atoms with van der Waals surface area (Å²) in [7, 11) is 0. The fourth-order valence-electron chi connectivity index (χ4n) is 3.54. The SMILES string of the molecule is CC(=O)Nc1nc2ccc(-c3cnc(N)c(C(F)(F)F)c3)cn2c1Cc1ccc(C(N)=O)cc1. The van der Waals surface area contributed by atoms with E-state index in [4.69, 9.17) is 11.5 Å². The number of halogens is 3. The van der Waals surface area contributed by atoms with E-state index in [1.807, 2.05) is 0 Å². The summed E-state index contributed by atoms with van der Waals surface area (Å²) in [5.74, 6) is -1.17. The lowest BCUT2D eigenvalue weighted by atomic mass is 10.1. The van der Waals surface area contributed by atoms with E-state index < -0.39 is 23.5 Å². The number of rotatable bonds is 5. The van der Waals surface area contributed by atoms with E-state index in [2.05, 4.69) is 15.3 Å². The van der Waals surface area contributed by atoms with Crippen molar-refractivity contribution in [3.63, 3.8) is 0 Å². The van der Waals surface area contributed by atoms with Crippen LogP contribution in [0.25, 0.3) is 16.8 Å². The van der Waals surface area contributed by atoms with Crippen molar-refractivity contribution in [3.8, 4) is 11.1 Å². The summed E-state index contributed by atoms with van der Waals surface area (Å²) in [6, 6.07) is 10.8. The molecule has 1 aromatic carbocycles. The van der Waals surface area contributed by atoms with Gasteiger partial charge in [-0.25, -0.2) is 9.97 Å². The van der Waals surface area contributed by atoms with Crippen molar-refractivity contribution in [2.75, 3.05) is 11.1 Å². The predicted octanol–water partition coefficient (Wildman–Crippen LogP) is 3.65. The van der Waals surface area contributed by atoms with Crippen LogP contribution in [-0.4, -0.2) is 26.2 Å². The molecule has 8 nitrogen and oxygen atoms in total. The van der Waals surface area contributed by atoms with Crippen LogP contribution >= 0.6 is 0 Å². The quantitative estimate of drug-likeness (QED) is 0.412. The Morgan fingerprint density at radius 2 is 1.79 bits per heavy atom. The number of hydrogen-bond acceptors (Lipinski definition) is 5. The van der Waals surface area contributed by atoms with Gasteiger partial charge in [0, 0.05) is 42.4 Å². The number of benzene rings is 1. The molecule has 0 aliphatic carbocycles. The number of hydrogen-bond donors (Lipinski definition) is 3. The molecule has 0 aliphatic rings. The Morgan fingerprint density at radius 1 is 1.09 bits per heavy atom. The first-order valence-electron chi connectivity index (χ1n) is 10.0. The van der Waals surface area contributed by atoms with Gasteiger partial charge in [-0.05, 0) is 35.9 Å². The number of pyridine rings is 2. The number of carbonyl (C=O) groups is 2. The molecule has 0 aliphatic heterocycles. The smallest absolute Gasteiger partial charge is 0.383 e. The second-order valence-electron chi connectivity index (χ2n) is 7.63. The second kappa shape index (κ2) is 8.50. The van der Waals surface area contributed by atoms with Crippen LogP contribution in [0.1, 0.15) is 34.1 Å². The molecule has 11 heteroatoms. The molecular weight excluding hydrogens is 449 g/mol. The zero-order valence-corrected chi connectivity index (χ0v) is 17.8. The summed E-state index contributed by atoms with van der Waals surface area (Å²) < 4.78 is 41.6. The van der Waals surface area contributed by atoms with E-state index in [0.717, 1.165) is 11.6 Å². The molecule has 0 unspecified atom stereocenters. The van der Waals surface area contributed by atoms with Crippen LogP contribution in [0.3, 0.4) is 0 Å². The fourth-order valence-corrected chi connectivity index (χ4v) is 3.54. The van der Waals surface area contributed by atoms with Crippen molar-refractivity contribution in [1.29, 1.82) is 0 Å². The van der Waals surface area contributed by atoms with Crippen LogP contribution < -0.4 is 16.8 Å². The molecule has 3 heterocycles. The van der Waals surface area contributed by atoms with Crippen molar-refractivity contribution in [3.05, 3.63) is 77.2 Å². The average Bonchev–Trinajstić information content (AvgIpc) is 3.09. The van der Waals surface area contributed by atoms with Gasteiger partial charge in [-0.15, -0.1) is 0 Å². The highest BCUT2D eigenvalue weighted by Gasteiger charge is 2.34. The van der Waals surface area contributed by atoms with Gasteiger partial charge >= 0.3 is 6.18 Å².